The van der Waals surface area contributed by atoms with E-state index in [1.807, 2.05) is 38.1 Å². The van der Waals surface area contributed by atoms with Crippen LogP contribution in [0.15, 0.2) is 34.6 Å². The average Bonchev–Trinajstić information content (AvgIpc) is 3.18. The second-order valence-corrected chi connectivity index (χ2v) is 7.77. The van der Waals surface area contributed by atoms with Crippen LogP contribution in [0, 0.1) is 0 Å². The molecule has 160 valence electrons. The molecule has 1 aromatic carbocycles. The molecule has 0 radical (unpaired) electrons. The fourth-order valence-corrected chi connectivity index (χ4v) is 3.39. The van der Waals surface area contributed by atoms with Gasteiger partial charge in [0.05, 0.1) is 18.8 Å². The molecule has 1 amide bonds. The van der Waals surface area contributed by atoms with Gasteiger partial charge >= 0.3 is 0 Å². The van der Waals surface area contributed by atoms with Crippen molar-refractivity contribution in [3.8, 4) is 0 Å². The Balaban J connectivity index is 0.00000420. The molecule has 0 saturated carbocycles. The first-order valence-electron chi connectivity index (χ1n) is 9.87. The van der Waals surface area contributed by atoms with Crippen molar-refractivity contribution in [2.45, 2.75) is 53.1 Å². The minimum absolute atomic E-state index is 0. The number of carbonyl (C=O) groups excluding carboxylic acids is 1. The number of guanidine groups is 1. The van der Waals surface area contributed by atoms with Gasteiger partial charge in [-0.3, -0.25) is 4.79 Å². The van der Waals surface area contributed by atoms with Crippen LogP contribution in [0.4, 0.5) is 0 Å². The lowest BCUT2D eigenvalue weighted by Crippen LogP contribution is -2.36. The first-order valence-corrected chi connectivity index (χ1v) is 10.7. The zero-order chi connectivity index (χ0) is 20.4. The first-order chi connectivity index (χ1) is 13.5. The van der Waals surface area contributed by atoms with Crippen molar-refractivity contribution >= 4 is 47.2 Å². The molecule has 0 aliphatic heterocycles. The fraction of sp³-hybridized carbons (Fsp3) is 0.476. The normalized spacial score (nSPS) is 11.1. The lowest BCUT2D eigenvalue weighted by molar-refractivity contribution is 0.0953. The Hall–Kier alpha value is -1.68. The Kier molecular flexibility index (Phi) is 11.8. The van der Waals surface area contributed by atoms with Crippen LogP contribution in [0.2, 0.25) is 0 Å². The molecule has 3 N–H and O–H groups in total. The lowest BCUT2D eigenvalue weighted by Gasteiger charge is -2.10. The zero-order valence-electron chi connectivity index (χ0n) is 17.6. The summed E-state index contributed by atoms with van der Waals surface area (Å²) in [5.74, 6) is 1.14. The van der Waals surface area contributed by atoms with E-state index < -0.39 is 0 Å². The molecule has 2 rings (SSSR count). The van der Waals surface area contributed by atoms with Crippen molar-refractivity contribution in [1.29, 1.82) is 0 Å². The van der Waals surface area contributed by atoms with Gasteiger partial charge in [0.1, 0.15) is 5.01 Å². The van der Waals surface area contributed by atoms with E-state index in [0.717, 1.165) is 35.2 Å². The molecule has 0 aliphatic carbocycles. The van der Waals surface area contributed by atoms with Gasteiger partial charge in [0.2, 0.25) is 0 Å². The van der Waals surface area contributed by atoms with Gasteiger partial charge in [-0.1, -0.05) is 32.9 Å². The van der Waals surface area contributed by atoms with E-state index in [9.17, 15) is 4.79 Å². The smallest absolute Gasteiger partial charge is 0.251 e. The second-order valence-electron chi connectivity index (χ2n) is 6.83. The summed E-state index contributed by atoms with van der Waals surface area (Å²) in [7, 11) is 0. The van der Waals surface area contributed by atoms with E-state index in [2.05, 4.69) is 45.2 Å². The average molecular weight is 529 g/mol. The van der Waals surface area contributed by atoms with Gasteiger partial charge in [0.15, 0.2) is 5.96 Å². The first kappa shape index (κ1) is 25.4. The van der Waals surface area contributed by atoms with Crippen LogP contribution in [0.3, 0.4) is 0 Å². The third kappa shape index (κ3) is 8.69. The number of nitrogens with one attached hydrogen (secondary N) is 3. The number of rotatable bonds is 9. The predicted molar refractivity (Wildman–Crippen MR) is 132 cm³/mol. The Labute approximate surface area is 195 Å². The van der Waals surface area contributed by atoms with Crippen molar-refractivity contribution in [3.63, 3.8) is 0 Å². The zero-order valence-corrected chi connectivity index (χ0v) is 20.8. The number of halogens is 1. The van der Waals surface area contributed by atoms with Gasteiger partial charge in [-0.2, -0.15) is 0 Å². The maximum Gasteiger partial charge on any atom is 0.251 e. The molecule has 6 nitrogen and oxygen atoms in total. The number of amides is 1. The minimum atomic E-state index is -0.0394. The van der Waals surface area contributed by atoms with E-state index in [1.165, 1.54) is 0 Å². The highest BCUT2D eigenvalue weighted by atomic mass is 127. The molecule has 1 aromatic heterocycles. The summed E-state index contributed by atoms with van der Waals surface area (Å²) in [5, 5.41) is 12.6. The summed E-state index contributed by atoms with van der Waals surface area (Å²) in [6.45, 7) is 11.0. The highest BCUT2D eigenvalue weighted by Gasteiger charge is 2.07. The maximum absolute atomic E-state index is 12.1. The number of hydrogen-bond acceptors (Lipinski definition) is 4. The van der Waals surface area contributed by atoms with Crippen LogP contribution in [0.25, 0.3) is 0 Å². The van der Waals surface area contributed by atoms with Crippen LogP contribution < -0.4 is 16.0 Å². The highest BCUT2D eigenvalue weighted by Crippen LogP contribution is 2.17. The van der Waals surface area contributed by atoms with Crippen LogP contribution in [0.5, 0.6) is 0 Å². The van der Waals surface area contributed by atoms with Crippen molar-refractivity contribution in [2.24, 2.45) is 4.99 Å². The van der Waals surface area contributed by atoms with E-state index >= 15 is 0 Å². The maximum atomic E-state index is 12.1. The van der Waals surface area contributed by atoms with E-state index in [1.54, 1.807) is 11.3 Å². The second kappa shape index (κ2) is 13.5. The van der Waals surface area contributed by atoms with Crippen LogP contribution in [-0.4, -0.2) is 29.9 Å². The Morgan fingerprint density at radius 1 is 1.21 bits per heavy atom. The summed E-state index contributed by atoms with van der Waals surface area (Å²) in [5.41, 5.74) is 2.79. The summed E-state index contributed by atoms with van der Waals surface area (Å²) in [4.78, 5) is 21.4. The molecular weight excluding hydrogens is 497 g/mol. The minimum Gasteiger partial charge on any atom is -0.357 e. The molecule has 29 heavy (non-hydrogen) atoms. The predicted octanol–water partition coefficient (Wildman–Crippen LogP) is 4.28. The van der Waals surface area contributed by atoms with Crippen molar-refractivity contribution in [1.82, 2.24) is 20.9 Å². The van der Waals surface area contributed by atoms with Gasteiger partial charge in [0, 0.05) is 24.0 Å². The van der Waals surface area contributed by atoms with Gasteiger partial charge < -0.3 is 16.0 Å². The number of nitrogens with zero attached hydrogens (tertiary/aromatic N) is 2. The molecule has 0 atom stereocenters. The van der Waals surface area contributed by atoms with E-state index in [4.69, 9.17) is 0 Å². The lowest BCUT2D eigenvalue weighted by atomic mass is 10.1. The van der Waals surface area contributed by atoms with Crippen molar-refractivity contribution in [3.05, 3.63) is 51.5 Å². The Morgan fingerprint density at radius 2 is 2.00 bits per heavy atom. The highest BCUT2D eigenvalue weighted by molar-refractivity contribution is 14.0. The summed E-state index contributed by atoms with van der Waals surface area (Å²) in [6.07, 6.45) is 0.922. The number of aromatic nitrogens is 1. The van der Waals surface area contributed by atoms with Crippen molar-refractivity contribution in [2.75, 3.05) is 13.1 Å². The number of aliphatic imine (C=N–C) groups is 1. The summed E-state index contributed by atoms with van der Waals surface area (Å²) in [6, 6.07) is 7.61. The van der Waals surface area contributed by atoms with Crippen LogP contribution in [-0.2, 0) is 13.1 Å². The van der Waals surface area contributed by atoms with Crippen LogP contribution in [0.1, 0.15) is 66.7 Å². The molecule has 0 bridgehead atoms. The van der Waals surface area contributed by atoms with Gasteiger partial charge in [-0.05, 0) is 37.0 Å². The SMILES string of the molecule is CCCNC(=O)c1cccc(CN=C(NCC)NCc2nc(C(C)C)cs2)c1.I. The molecule has 0 fully saturated rings. The fourth-order valence-electron chi connectivity index (χ4n) is 2.49. The van der Waals surface area contributed by atoms with Gasteiger partial charge in [0.25, 0.3) is 5.91 Å². The molecular formula is C21H32IN5OS. The molecule has 0 unspecified atom stereocenters. The number of hydrogen-bond donors (Lipinski definition) is 3. The number of carbonyl (C=O) groups is 1. The Bertz CT molecular complexity index is 791. The molecule has 0 spiro atoms. The third-order valence-electron chi connectivity index (χ3n) is 4.06. The molecule has 8 heteroatoms. The summed E-state index contributed by atoms with van der Waals surface area (Å²) >= 11 is 1.66. The Morgan fingerprint density at radius 3 is 2.66 bits per heavy atom. The van der Waals surface area contributed by atoms with E-state index in [0.29, 0.717) is 31.1 Å². The molecule has 1 heterocycles. The van der Waals surface area contributed by atoms with Crippen molar-refractivity contribution < 1.29 is 4.79 Å². The van der Waals surface area contributed by atoms with E-state index in [-0.39, 0.29) is 29.9 Å². The molecule has 0 aliphatic rings. The quantitative estimate of drug-likeness (QED) is 0.258. The van der Waals surface area contributed by atoms with Gasteiger partial charge in [-0.25, -0.2) is 9.98 Å². The monoisotopic (exact) mass is 529 g/mol. The number of benzene rings is 1. The topological polar surface area (TPSA) is 78.4 Å². The number of thiazole rings is 1. The summed E-state index contributed by atoms with van der Waals surface area (Å²) < 4.78 is 0. The largest absolute Gasteiger partial charge is 0.357 e. The van der Waals surface area contributed by atoms with Gasteiger partial charge in [-0.15, -0.1) is 35.3 Å². The third-order valence-corrected chi connectivity index (χ3v) is 4.92. The standard InChI is InChI=1S/C21H31N5OS.HI/c1-5-10-23-20(27)17-9-7-8-16(11-17)12-24-21(22-6-2)25-13-19-26-18(14-28-19)15(3)4;/h7-9,11,14-15H,5-6,10,12-13H2,1-4H3,(H,23,27)(H2,22,24,25);1H. The molecule has 2 aromatic rings. The molecule has 0 saturated heterocycles. The van der Waals surface area contributed by atoms with Crippen LogP contribution >= 0.6 is 35.3 Å².